The van der Waals surface area contributed by atoms with Crippen molar-refractivity contribution in [3.8, 4) is 0 Å². The lowest BCUT2D eigenvalue weighted by Crippen LogP contribution is -2.46. The molecule has 0 fully saturated rings. The number of hydrogen-bond donors (Lipinski definition) is 1. The number of aryl methyl sites for hydroxylation is 1. The predicted octanol–water partition coefficient (Wildman–Crippen LogP) is 1.02. The van der Waals surface area contributed by atoms with Crippen molar-refractivity contribution in [1.82, 2.24) is 0 Å². The van der Waals surface area contributed by atoms with Crippen molar-refractivity contribution in [2.75, 3.05) is 0 Å². The number of nitrogens with two attached hydrogens (primary N) is 1. The Kier molecular flexibility index (Phi) is 2.17. The van der Waals surface area contributed by atoms with Crippen LogP contribution in [-0.2, 0) is 4.79 Å². The lowest BCUT2D eigenvalue weighted by atomic mass is 9.99. The molecule has 15 heavy (non-hydrogen) atoms. The third kappa shape index (κ3) is 1.57. The first kappa shape index (κ1) is 9.67. The van der Waals surface area contributed by atoms with Crippen LogP contribution in [-0.4, -0.2) is 17.7 Å². The molecule has 1 aliphatic heterocycles. The Labute approximate surface area is 86.7 Å². The van der Waals surface area contributed by atoms with E-state index in [9.17, 15) is 4.79 Å². The molecule has 0 bridgehead atoms. The maximum atomic E-state index is 10.8. The molecule has 0 saturated carbocycles. The van der Waals surface area contributed by atoms with Crippen LogP contribution in [0.1, 0.15) is 11.1 Å². The topological polar surface area (TPSA) is 80.2 Å². The minimum absolute atomic E-state index is 0.387. The first-order chi connectivity index (χ1) is 7.15. The monoisotopic (exact) mass is 202 g/mol. The van der Waals surface area contributed by atoms with E-state index in [4.69, 9.17) is 5.73 Å². The van der Waals surface area contributed by atoms with E-state index in [0.717, 1.165) is 11.1 Å². The number of carbonyl (C=O) groups is 1. The number of nitrogens with zero attached hydrogens (tertiary/aromatic N) is 3. The van der Waals surface area contributed by atoms with Crippen LogP contribution >= 0.6 is 0 Å². The van der Waals surface area contributed by atoms with Gasteiger partial charge in [-0.25, -0.2) is 0 Å². The van der Waals surface area contributed by atoms with Crippen molar-refractivity contribution in [3.63, 3.8) is 0 Å². The van der Waals surface area contributed by atoms with E-state index in [-0.39, 0.29) is 0 Å². The van der Waals surface area contributed by atoms with E-state index in [1.54, 1.807) is 0 Å². The van der Waals surface area contributed by atoms with Crippen LogP contribution in [0.25, 0.3) is 0 Å². The Morgan fingerprint density at radius 1 is 1.33 bits per heavy atom. The highest BCUT2D eigenvalue weighted by Crippen LogP contribution is 2.18. The van der Waals surface area contributed by atoms with Crippen molar-refractivity contribution in [1.29, 1.82) is 0 Å². The lowest BCUT2D eigenvalue weighted by Gasteiger charge is -2.13. The first-order valence-corrected chi connectivity index (χ1v) is 4.48. The summed E-state index contributed by atoms with van der Waals surface area (Å²) >= 11 is 0. The van der Waals surface area contributed by atoms with Crippen LogP contribution in [0.4, 0.5) is 0 Å². The molecule has 76 valence electrons. The van der Waals surface area contributed by atoms with Crippen molar-refractivity contribution < 1.29 is 4.79 Å². The summed E-state index contributed by atoms with van der Waals surface area (Å²) in [6.45, 7) is 1.98. The maximum Gasteiger partial charge on any atom is 0.232 e. The summed E-state index contributed by atoms with van der Waals surface area (Å²) in [7, 11) is 0. The molecule has 2 N–H and O–H groups in total. The maximum absolute atomic E-state index is 10.8. The molecule has 5 heteroatoms. The number of carbonyl (C=O) groups excluding carboxylic acids is 1. The van der Waals surface area contributed by atoms with Gasteiger partial charge in [0.2, 0.25) is 5.66 Å². The molecule has 1 aromatic carbocycles. The second-order valence-corrected chi connectivity index (χ2v) is 3.45. The fourth-order valence-electron chi connectivity index (χ4n) is 1.35. The molecule has 1 aromatic rings. The van der Waals surface area contributed by atoms with E-state index in [0.29, 0.717) is 12.0 Å². The Morgan fingerprint density at radius 3 is 2.60 bits per heavy atom. The van der Waals surface area contributed by atoms with Gasteiger partial charge in [-0.3, -0.25) is 10.5 Å². The Balaban J connectivity index is 2.41. The highest BCUT2D eigenvalue weighted by atomic mass is 16.1. The summed E-state index contributed by atoms with van der Waals surface area (Å²) in [6.07, 6.45) is 0.544. The van der Waals surface area contributed by atoms with Crippen LogP contribution in [0.15, 0.2) is 39.7 Å². The van der Waals surface area contributed by atoms with Gasteiger partial charge in [0, 0.05) is 5.56 Å². The lowest BCUT2D eigenvalue weighted by molar-refractivity contribution is -0.110. The summed E-state index contributed by atoms with van der Waals surface area (Å²) in [6, 6.07) is 7.52. The Bertz CT molecular complexity index is 449. The molecule has 0 saturated heterocycles. The van der Waals surface area contributed by atoms with E-state index < -0.39 is 5.66 Å². The van der Waals surface area contributed by atoms with Crippen LogP contribution in [0.2, 0.25) is 0 Å². The van der Waals surface area contributed by atoms with Gasteiger partial charge in [0.05, 0.1) is 0 Å². The average Bonchev–Trinajstić information content (AvgIpc) is 2.63. The summed E-state index contributed by atoms with van der Waals surface area (Å²) in [5.41, 5.74) is 6.57. The third-order valence-electron chi connectivity index (χ3n) is 2.24. The number of rotatable bonds is 2. The minimum Gasteiger partial charge on any atom is -0.299 e. The molecule has 2 rings (SSSR count). The Morgan fingerprint density at radius 2 is 2.00 bits per heavy atom. The molecule has 0 spiro atoms. The van der Waals surface area contributed by atoms with E-state index in [1.165, 1.54) is 0 Å². The van der Waals surface area contributed by atoms with Gasteiger partial charge >= 0.3 is 0 Å². The zero-order chi connectivity index (χ0) is 10.9. The zero-order valence-electron chi connectivity index (χ0n) is 8.21. The average molecular weight is 202 g/mol. The van der Waals surface area contributed by atoms with Gasteiger partial charge in [0.25, 0.3) is 0 Å². The van der Waals surface area contributed by atoms with Gasteiger partial charge in [0.15, 0.2) is 6.29 Å². The highest BCUT2D eigenvalue weighted by Gasteiger charge is 2.36. The van der Waals surface area contributed by atoms with Crippen molar-refractivity contribution in [2.45, 2.75) is 12.6 Å². The molecule has 1 heterocycles. The quantitative estimate of drug-likeness (QED) is 0.726. The van der Waals surface area contributed by atoms with E-state index in [1.807, 2.05) is 31.2 Å². The SMILES string of the molecule is Cc1ccc(C2=NN=NC2(N)C=O)cc1. The van der Waals surface area contributed by atoms with Crippen molar-refractivity contribution >= 4 is 12.0 Å². The molecule has 0 aromatic heterocycles. The van der Waals surface area contributed by atoms with Crippen molar-refractivity contribution in [3.05, 3.63) is 35.4 Å². The standard InChI is InChI=1S/C10H10N4O/c1-7-2-4-8(5-3-7)9-10(11,6-15)13-14-12-9/h2-6H,11H2,1H3. The fraction of sp³-hybridized carbons (Fsp3) is 0.200. The molecular weight excluding hydrogens is 192 g/mol. The fourth-order valence-corrected chi connectivity index (χ4v) is 1.35. The number of benzene rings is 1. The van der Waals surface area contributed by atoms with E-state index in [2.05, 4.69) is 15.4 Å². The van der Waals surface area contributed by atoms with Crippen molar-refractivity contribution in [2.24, 2.45) is 21.2 Å². The van der Waals surface area contributed by atoms with Gasteiger partial charge in [0.1, 0.15) is 5.71 Å². The highest BCUT2D eigenvalue weighted by molar-refractivity contribution is 6.16. The number of hydrogen-bond acceptors (Lipinski definition) is 5. The van der Waals surface area contributed by atoms with Gasteiger partial charge in [-0.15, -0.1) is 10.2 Å². The Hall–Kier alpha value is -1.88. The zero-order valence-corrected chi connectivity index (χ0v) is 8.21. The molecule has 1 atom stereocenters. The summed E-state index contributed by atoms with van der Waals surface area (Å²) < 4.78 is 0. The minimum atomic E-state index is -1.42. The smallest absolute Gasteiger partial charge is 0.232 e. The van der Waals surface area contributed by atoms with Gasteiger partial charge in [-0.1, -0.05) is 29.8 Å². The van der Waals surface area contributed by atoms with Gasteiger partial charge in [-0.05, 0) is 12.1 Å². The molecular formula is C10H10N4O. The summed E-state index contributed by atoms with van der Waals surface area (Å²) in [4.78, 5) is 10.8. The van der Waals surface area contributed by atoms with Gasteiger partial charge in [-0.2, -0.15) is 0 Å². The molecule has 0 amide bonds. The molecule has 5 nitrogen and oxygen atoms in total. The summed E-state index contributed by atoms with van der Waals surface area (Å²) in [5, 5.41) is 10.8. The van der Waals surface area contributed by atoms with Crippen LogP contribution in [0.3, 0.4) is 0 Å². The largest absolute Gasteiger partial charge is 0.299 e. The second kappa shape index (κ2) is 3.36. The molecule has 0 aliphatic carbocycles. The van der Waals surface area contributed by atoms with Crippen LogP contribution < -0.4 is 5.73 Å². The van der Waals surface area contributed by atoms with Crippen LogP contribution in [0, 0.1) is 6.92 Å². The normalized spacial score (nSPS) is 24.0. The van der Waals surface area contributed by atoms with E-state index >= 15 is 0 Å². The molecule has 0 radical (unpaired) electrons. The summed E-state index contributed by atoms with van der Waals surface area (Å²) in [5.74, 6) is 0. The number of aldehydes is 1. The second-order valence-electron chi connectivity index (χ2n) is 3.45. The molecule has 1 aliphatic rings. The third-order valence-corrected chi connectivity index (χ3v) is 2.24. The first-order valence-electron chi connectivity index (χ1n) is 4.48. The van der Waals surface area contributed by atoms with Crippen LogP contribution in [0.5, 0.6) is 0 Å². The molecule has 1 unspecified atom stereocenters. The van der Waals surface area contributed by atoms with Gasteiger partial charge < -0.3 is 0 Å². The predicted molar refractivity (Wildman–Crippen MR) is 55.6 cm³/mol.